The Kier molecular flexibility index (Phi) is 8.09. The highest BCUT2D eigenvalue weighted by atomic mass is 35.5. The molecule has 0 saturated heterocycles. The Balaban J connectivity index is 0.00000242. The van der Waals surface area contributed by atoms with Gasteiger partial charge in [-0.15, -0.1) is 22.6 Å². The third kappa shape index (κ3) is 5.79. The van der Waals surface area contributed by atoms with Crippen molar-refractivity contribution in [3.63, 3.8) is 0 Å². The number of nitrogens with zero attached hydrogens (tertiary/aromatic N) is 4. The van der Waals surface area contributed by atoms with Gasteiger partial charge in [0.05, 0.1) is 0 Å². The van der Waals surface area contributed by atoms with Crippen LogP contribution in [0.1, 0.15) is 13.3 Å². The van der Waals surface area contributed by atoms with Crippen LogP contribution in [-0.4, -0.2) is 45.7 Å². The first-order valence-electron chi connectivity index (χ1n) is 7.10. The van der Waals surface area contributed by atoms with Crippen molar-refractivity contribution in [2.24, 2.45) is 0 Å². The van der Waals surface area contributed by atoms with Gasteiger partial charge in [0.15, 0.2) is 0 Å². The minimum Gasteiger partial charge on any atom is -0.353 e. The standard InChI is InChI=1S/C14H20N6O.ClH/c1-2-8-15-9-10-16-13(21)11-20-18-14(17-19-20)12-6-4-3-5-7-12;/h3-7,15H,2,8-11H2,1H3,(H,16,21);1H. The molecule has 22 heavy (non-hydrogen) atoms. The predicted molar refractivity (Wildman–Crippen MR) is 86.7 cm³/mol. The maximum Gasteiger partial charge on any atom is 0.243 e. The van der Waals surface area contributed by atoms with Crippen LogP contribution in [0.15, 0.2) is 30.3 Å². The molecule has 2 rings (SSSR count). The summed E-state index contributed by atoms with van der Waals surface area (Å²) in [4.78, 5) is 13.0. The second kappa shape index (κ2) is 9.86. The van der Waals surface area contributed by atoms with E-state index in [9.17, 15) is 4.79 Å². The molecule has 0 unspecified atom stereocenters. The van der Waals surface area contributed by atoms with E-state index in [-0.39, 0.29) is 24.9 Å². The van der Waals surface area contributed by atoms with Crippen molar-refractivity contribution >= 4 is 18.3 Å². The maximum atomic E-state index is 11.7. The van der Waals surface area contributed by atoms with Gasteiger partial charge < -0.3 is 10.6 Å². The number of carbonyl (C=O) groups excluding carboxylic acids is 1. The number of rotatable bonds is 8. The molecule has 0 aliphatic carbocycles. The number of amides is 1. The van der Waals surface area contributed by atoms with Crippen molar-refractivity contribution in [2.45, 2.75) is 19.9 Å². The minimum absolute atomic E-state index is 0. The van der Waals surface area contributed by atoms with Crippen molar-refractivity contribution < 1.29 is 4.79 Å². The van der Waals surface area contributed by atoms with Gasteiger partial charge in [0, 0.05) is 18.7 Å². The van der Waals surface area contributed by atoms with Gasteiger partial charge in [0.25, 0.3) is 0 Å². The number of hydrogen-bond donors (Lipinski definition) is 2. The molecule has 0 saturated carbocycles. The van der Waals surface area contributed by atoms with Crippen LogP contribution in [0.2, 0.25) is 0 Å². The van der Waals surface area contributed by atoms with Crippen molar-refractivity contribution in [1.29, 1.82) is 0 Å². The lowest BCUT2D eigenvalue weighted by Crippen LogP contribution is -2.34. The maximum absolute atomic E-state index is 11.7. The van der Waals surface area contributed by atoms with Crippen molar-refractivity contribution in [1.82, 2.24) is 30.8 Å². The fourth-order valence-corrected chi connectivity index (χ4v) is 1.79. The zero-order valence-electron chi connectivity index (χ0n) is 12.5. The van der Waals surface area contributed by atoms with Crippen LogP contribution in [-0.2, 0) is 11.3 Å². The fraction of sp³-hybridized carbons (Fsp3) is 0.429. The predicted octanol–water partition coefficient (Wildman–Crippen LogP) is 0.878. The van der Waals surface area contributed by atoms with Gasteiger partial charge >= 0.3 is 0 Å². The topological polar surface area (TPSA) is 84.7 Å². The van der Waals surface area contributed by atoms with Gasteiger partial charge in [0.2, 0.25) is 11.7 Å². The fourth-order valence-electron chi connectivity index (χ4n) is 1.79. The third-order valence-corrected chi connectivity index (χ3v) is 2.82. The average molecular weight is 325 g/mol. The molecule has 0 aliphatic rings. The number of nitrogens with one attached hydrogen (secondary N) is 2. The van der Waals surface area contributed by atoms with Gasteiger partial charge in [-0.25, -0.2) is 0 Å². The number of benzene rings is 1. The van der Waals surface area contributed by atoms with E-state index in [4.69, 9.17) is 0 Å². The molecule has 2 N–H and O–H groups in total. The second-order valence-corrected chi connectivity index (χ2v) is 4.61. The molecule has 1 aromatic carbocycles. The first kappa shape index (κ1) is 18.1. The minimum atomic E-state index is -0.120. The monoisotopic (exact) mass is 324 g/mol. The van der Waals surface area contributed by atoms with Gasteiger partial charge in [-0.1, -0.05) is 37.3 Å². The number of carbonyl (C=O) groups is 1. The SMILES string of the molecule is CCCNCCNC(=O)Cn1nnc(-c2ccccc2)n1.Cl. The highest BCUT2D eigenvalue weighted by Crippen LogP contribution is 2.11. The molecule has 0 atom stereocenters. The van der Waals surface area contributed by atoms with E-state index < -0.39 is 0 Å². The summed E-state index contributed by atoms with van der Waals surface area (Å²) in [5, 5.41) is 18.1. The molecule has 7 nitrogen and oxygen atoms in total. The lowest BCUT2D eigenvalue weighted by molar-refractivity contribution is -0.122. The number of tetrazole rings is 1. The van der Waals surface area contributed by atoms with E-state index in [1.807, 2.05) is 30.3 Å². The molecule has 0 aliphatic heterocycles. The molecule has 1 aromatic heterocycles. The van der Waals surface area contributed by atoms with E-state index >= 15 is 0 Å². The van der Waals surface area contributed by atoms with Crippen LogP contribution in [0, 0.1) is 0 Å². The van der Waals surface area contributed by atoms with Gasteiger partial charge in [-0.2, -0.15) is 4.80 Å². The molecule has 0 radical (unpaired) electrons. The van der Waals surface area contributed by atoms with E-state index in [0.29, 0.717) is 12.4 Å². The van der Waals surface area contributed by atoms with Crippen LogP contribution in [0.4, 0.5) is 0 Å². The van der Waals surface area contributed by atoms with Crippen LogP contribution >= 0.6 is 12.4 Å². The Morgan fingerprint density at radius 1 is 1.18 bits per heavy atom. The molecular formula is C14H21ClN6O. The highest BCUT2D eigenvalue weighted by Gasteiger charge is 2.08. The molecule has 0 bridgehead atoms. The lowest BCUT2D eigenvalue weighted by Gasteiger charge is -2.05. The van der Waals surface area contributed by atoms with Gasteiger partial charge in [-0.3, -0.25) is 4.79 Å². The summed E-state index contributed by atoms with van der Waals surface area (Å²) in [7, 11) is 0. The molecule has 2 aromatic rings. The van der Waals surface area contributed by atoms with Crippen LogP contribution in [0.25, 0.3) is 11.4 Å². The zero-order valence-corrected chi connectivity index (χ0v) is 13.3. The van der Waals surface area contributed by atoms with Gasteiger partial charge in [-0.05, 0) is 18.2 Å². The second-order valence-electron chi connectivity index (χ2n) is 4.61. The summed E-state index contributed by atoms with van der Waals surface area (Å²) in [5.41, 5.74) is 0.882. The highest BCUT2D eigenvalue weighted by molar-refractivity contribution is 5.85. The molecule has 1 amide bonds. The Hall–Kier alpha value is -1.99. The van der Waals surface area contributed by atoms with Crippen LogP contribution < -0.4 is 10.6 Å². The number of hydrogen-bond acceptors (Lipinski definition) is 5. The van der Waals surface area contributed by atoms with Crippen molar-refractivity contribution in [3.8, 4) is 11.4 Å². The molecular weight excluding hydrogens is 304 g/mol. The van der Waals surface area contributed by atoms with Gasteiger partial charge in [0.1, 0.15) is 6.54 Å². The van der Waals surface area contributed by atoms with E-state index in [0.717, 1.165) is 25.1 Å². The number of halogens is 1. The largest absolute Gasteiger partial charge is 0.353 e. The number of aromatic nitrogens is 4. The lowest BCUT2D eigenvalue weighted by atomic mass is 10.2. The molecule has 120 valence electrons. The molecule has 1 heterocycles. The molecule has 0 fully saturated rings. The smallest absolute Gasteiger partial charge is 0.243 e. The Bertz CT molecular complexity index is 559. The average Bonchev–Trinajstić information content (AvgIpc) is 2.96. The first-order chi connectivity index (χ1) is 10.3. The van der Waals surface area contributed by atoms with Crippen LogP contribution in [0.3, 0.4) is 0 Å². The Morgan fingerprint density at radius 2 is 1.95 bits per heavy atom. The van der Waals surface area contributed by atoms with Crippen molar-refractivity contribution in [3.05, 3.63) is 30.3 Å². The normalized spacial score (nSPS) is 10.0. The Labute approximate surface area is 135 Å². The first-order valence-corrected chi connectivity index (χ1v) is 7.10. The van der Waals surface area contributed by atoms with E-state index in [1.165, 1.54) is 4.80 Å². The summed E-state index contributed by atoms with van der Waals surface area (Å²) in [6, 6.07) is 9.55. The van der Waals surface area contributed by atoms with Crippen molar-refractivity contribution in [2.75, 3.05) is 19.6 Å². The molecule has 0 spiro atoms. The zero-order chi connectivity index (χ0) is 14.9. The summed E-state index contributed by atoms with van der Waals surface area (Å²) in [6.45, 7) is 4.50. The third-order valence-electron chi connectivity index (χ3n) is 2.82. The molecule has 8 heteroatoms. The summed E-state index contributed by atoms with van der Waals surface area (Å²) in [6.07, 6.45) is 1.08. The summed E-state index contributed by atoms with van der Waals surface area (Å²) < 4.78 is 0. The van der Waals surface area contributed by atoms with E-state index in [2.05, 4.69) is 33.0 Å². The summed E-state index contributed by atoms with van der Waals surface area (Å²) in [5.74, 6) is 0.401. The summed E-state index contributed by atoms with van der Waals surface area (Å²) >= 11 is 0. The quantitative estimate of drug-likeness (QED) is 0.704. The van der Waals surface area contributed by atoms with Crippen LogP contribution in [0.5, 0.6) is 0 Å². The van der Waals surface area contributed by atoms with E-state index in [1.54, 1.807) is 0 Å². The Morgan fingerprint density at radius 3 is 2.68 bits per heavy atom.